The van der Waals surface area contributed by atoms with Gasteiger partial charge in [0.05, 0.1) is 5.88 Å². The monoisotopic (exact) mass is 214 g/mol. The molecule has 76 valence electrons. The smallest absolute Gasteiger partial charge is 0.269 e. The number of aromatic nitrogens is 1. The van der Waals surface area contributed by atoms with Gasteiger partial charge in [-0.25, -0.2) is 0 Å². The number of nitrogens with one attached hydrogen (secondary N) is 1. The average Bonchev–Trinajstić information content (AvgIpc) is 2.64. The van der Waals surface area contributed by atoms with Crippen molar-refractivity contribution in [3.8, 4) is 0 Å². The topological polar surface area (TPSA) is 53.2 Å². The normalized spacial score (nSPS) is 9.93. The first-order chi connectivity index (χ1) is 6.56. The molecule has 0 aromatic carbocycles. The maximum atomic E-state index is 11.4. The summed E-state index contributed by atoms with van der Waals surface area (Å²) in [5.41, 5.74) is 0.827. The predicted octanol–water partition coefficient (Wildman–Crippen LogP) is 1.14. The van der Waals surface area contributed by atoms with Gasteiger partial charge in [-0.05, 0) is 6.07 Å². The summed E-state index contributed by atoms with van der Waals surface area (Å²) in [7, 11) is 3.29. The molecular weight excluding hydrogens is 204 g/mol. The van der Waals surface area contributed by atoms with Gasteiger partial charge in [-0.1, -0.05) is 0 Å². The molecule has 0 fully saturated rings. The quantitative estimate of drug-likeness (QED) is 0.606. The summed E-state index contributed by atoms with van der Waals surface area (Å²) in [6.45, 7) is 0. The van der Waals surface area contributed by atoms with Crippen LogP contribution < -0.4 is 0 Å². The van der Waals surface area contributed by atoms with Gasteiger partial charge in [-0.3, -0.25) is 9.59 Å². The molecule has 0 saturated carbocycles. The highest BCUT2D eigenvalue weighted by atomic mass is 35.5. The average molecular weight is 215 g/mol. The molecule has 1 aromatic rings. The van der Waals surface area contributed by atoms with E-state index in [-0.39, 0.29) is 17.6 Å². The fourth-order valence-corrected chi connectivity index (χ4v) is 1.15. The number of halogens is 1. The molecule has 0 aliphatic heterocycles. The second kappa shape index (κ2) is 4.28. The van der Waals surface area contributed by atoms with Crippen LogP contribution in [0.5, 0.6) is 0 Å². The predicted molar refractivity (Wildman–Crippen MR) is 53.9 cm³/mol. The van der Waals surface area contributed by atoms with Crippen LogP contribution in [-0.4, -0.2) is 41.5 Å². The fourth-order valence-electron chi connectivity index (χ4n) is 0.997. The fraction of sp³-hybridized carbons (Fsp3) is 0.333. The first-order valence-electron chi connectivity index (χ1n) is 4.05. The number of aromatic amines is 1. The number of rotatable bonds is 3. The number of H-pyrrole nitrogens is 1. The maximum absolute atomic E-state index is 11.4. The Kier molecular flexibility index (Phi) is 3.30. The van der Waals surface area contributed by atoms with Crippen molar-refractivity contribution in [3.63, 3.8) is 0 Å². The first kappa shape index (κ1) is 10.8. The van der Waals surface area contributed by atoms with Gasteiger partial charge in [-0.2, -0.15) is 0 Å². The SMILES string of the molecule is CN(C)C(=O)c1cc(C(=O)CCl)c[nH]1. The van der Waals surface area contributed by atoms with Crippen LogP contribution in [0.3, 0.4) is 0 Å². The highest BCUT2D eigenvalue weighted by molar-refractivity contribution is 6.30. The van der Waals surface area contributed by atoms with Gasteiger partial charge in [-0.15, -0.1) is 11.6 Å². The molecule has 0 unspecified atom stereocenters. The third kappa shape index (κ3) is 2.14. The molecule has 0 spiro atoms. The molecular formula is C9H11ClN2O2. The van der Waals surface area contributed by atoms with Crippen LogP contribution in [0.1, 0.15) is 20.8 Å². The zero-order valence-electron chi connectivity index (χ0n) is 8.00. The number of hydrogen-bond donors (Lipinski definition) is 1. The molecule has 1 heterocycles. The van der Waals surface area contributed by atoms with E-state index in [1.807, 2.05) is 0 Å². The second-order valence-electron chi connectivity index (χ2n) is 3.06. The number of alkyl halides is 1. The van der Waals surface area contributed by atoms with Crippen LogP contribution >= 0.6 is 11.6 Å². The van der Waals surface area contributed by atoms with Crippen LogP contribution in [0.15, 0.2) is 12.3 Å². The van der Waals surface area contributed by atoms with Crippen molar-refractivity contribution in [3.05, 3.63) is 23.5 Å². The zero-order chi connectivity index (χ0) is 10.7. The second-order valence-corrected chi connectivity index (χ2v) is 3.33. The maximum Gasteiger partial charge on any atom is 0.269 e. The molecule has 0 atom stereocenters. The number of nitrogens with zero attached hydrogens (tertiary/aromatic N) is 1. The molecule has 1 aromatic heterocycles. The van der Waals surface area contributed by atoms with Crippen LogP contribution in [0, 0.1) is 0 Å². The Morgan fingerprint density at radius 2 is 2.14 bits per heavy atom. The largest absolute Gasteiger partial charge is 0.356 e. The van der Waals surface area contributed by atoms with Crippen molar-refractivity contribution in [2.24, 2.45) is 0 Å². The lowest BCUT2D eigenvalue weighted by molar-refractivity contribution is 0.0822. The Balaban J connectivity index is 2.88. The molecule has 0 radical (unpaired) electrons. The molecule has 0 bridgehead atoms. The standard InChI is InChI=1S/C9H11ClN2O2/c1-12(2)9(14)7-3-6(5-11-7)8(13)4-10/h3,5,11H,4H2,1-2H3. The minimum atomic E-state index is -0.194. The minimum Gasteiger partial charge on any atom is -0.356 e. The van der Waals surface area contributed by atoms with Crippen molar-refractivity contribution in [1.82, 2.24) is 9.88 Å². The van der Waals surface area contributed by atoms with Gasteiger partial charge >= 0.3 is 0 Å². The van der Waals surface area contributed by atoms with Gasteiger partial charge in [0.1, 0.15) is 5.69 Å². The van der Waals surface area contributed by atoms with Crippen molar-refractivity contribution < 1.29 is 9.59 Å². The van der Waals surface area contributed by atoms with Crippen molar-refractivity contribution in [2.75, 3.05) is 20.0 Å². The van der Waals surface area contributed by atoms with E-state index in [4.69, 9.17) is 11.6 Å². The summed E-state index contributed by atoms with van der Waals surface area (Å²) in [4.78, 5) is 26.7. The highest BCUT2D eigenvalue weighted by Gasteiger charge is 2.13. The molecule has 1 N–H and O–H groups in total. The lowest BCUT2D eigenvalue weighted by atomic mass is 10.2. The van der Waals surface area contributed by atoms with Crippen molar-refractivity contribution in [2.45, 2.75) is 0 Å². The molecule has 1 rings (SSSR count). The molecule has 5 heteroatoms. The van der Waals surface area contributed by atoms with Gasteiger partial charge in [0, 0.05) is 25.9 Å². The molecule has 0 saturated heterocycles. The molecule has 4 nitrogen and oxygen atoms in total. The van der Waals surface area contributed by atoms with Crippen LogP contribution in [0.2, 0.25) is 0 Å². The minimum absolute atomic E-state index is 0.0759. The zero-order valence-corrected chi connectivity index (χ0v) is 8.76. The molecule has 0 aliphatic rings. The number of hydrogen-bond acceptors (Lipinski definition) is 2. The van der Waals surface area contributed by atoms with E-state index >= 15 is 0 Å². The van der Waals surface area contributed by atoms with E-state index in [0.717, 1.165) is 0 Å². The summed E-state index contributed by atoms with van der Waals surface area (Å²) in [6.07, 6.45) is 1.49. The summed E-state index contributed by atoms with van der Waals surface area (Å²) < 4.78 is 0. The number of amides is 1. The Bertz CT molecular complexity index is 357. The summed E-state index contributed by atoms with van der Waals surface area (Å²) >= 11 is 5.38. The molecule has 14 heavy (non-hydrogen) atoms. The van der Waals surface area contributed by atoms with E-state index in [0.29, 0.717) is 11.3 Å². The lowest BCUT2D eigenvalue weighted by Crippen LogP contribution is -2.21. The van der Waals surface area contributed by atoms with Crippen molar-refractivity contribution >= 4 is 23.3 Å². The van der Waals surface area contributed by atoms with Gasteiger partial charge in [0.25, 0.3) is 5.91 Å². The number of Topliss-reactive ketones (excluding diaryl/α,β-unsaturated/α-hetero) is 1. The van der Waals surface area contributed by atoms with E-state index in [2.05, 4.69) is 4.98 Å². The lowest BCUT2D eigenvalue weighted by Gasteiger charge is -2.07. The summed E-state index contributed by atoms with van der Waals surface area (Å²) in [5, 5.41) is 0. The number of carbonyl (C=O) groups is 2. The Labute approximate surface area is 86.9 Å². The summed E-state index contributed by atoms with van der Waals surface area (Å²) in [5.74, 6) is -0.438. The Morgan fingerprint density at radius 3 is 2.64 bits per heavy atom. The van der Waals surface area contributed by atoms with E-state index in [1.165, 1.54) is 17.2 Å². The number of carbonyl (C=O) groups excluding carboxylic acids is 2. The van der Waals surface area contributed by atoms with Crippen LogP contribution in [-0.2, 0) is 0 Å². The third-order valence-corrected chi connectivity index (χ3v) is 2.01. The first-order valence-corrected chi connectivity index (χ1v) is 4.59. The van der Waals surface area contributed by atoms with Gasteiger partial charge in [0.2, 0.25) is 0 Å². The summed E-state index contributed by atoms with van der Waals surface area (Å²) in [6, 6.07) is 1.51. The highest BCUT2D eigenvalue weighted by Crippen LogP contribution is 2.07. The van der Waals surface area contributed by atoms with E-state index in [1.54, 1.807) is 14.1 Å². The third-order valence-electron chi connectivity index (χ3n) is 1.76. The van der Waals surface area contributed by atoms with Gasteiger partial charge < -0.3 is 9.88 Å². The van der Waals surface area contributed by atoms with Gasteiger partial charge in [0.15, 0.2) is 5.78 Å². The van der Waals surface area contributed by atoms with Crippen LogP contribution in [0.4, 0.5) is 0 Å². The molecule has 1 amide bonds. The van der Waals surface area contributed by atoms with E-state index in [9.17, 15) is 9.59 Å². The van der Waals surface area contributed by atoms with Crippen LogP contribution in [0.25, 0.3) is 0 Å². The van der Waals surface area contributed by atoms with Crippen molar-refractivity contribution in [1.29, 1.82) is 0 Å². The molecule has 0 aliphatic carbocycles. The van der Waals surface area contributed by atoms with E-state index < -0.39 is 0 Å². The number of ketones is 1. The Hall–Kier alpha value is -1.29. The Morgan fingerprint density at radius 1 is 1.50 bits per heavy atom.